The van der Waals surface area contributed by atoms with Gasteiger partial charge in [-0.3, -0.25) is 9.69 Å². The molecule has 3 aromatic rings. The molecule has 0 amide bonds. The molecule has 1 saturated heterocycles. The van der Waals surface area contributed by atoms with E-state index in [9.17, 15) is 9.90 Å². The number of rotatable bonds is 7. The predicted octanol–water partition coefficient (Wildman–Crippen LogP) is 2.69. The van der Waals surface area contributed by atoms with Gasteiger partial charge in [0.25, 0.3) is 5.56 Å². The zero-order valence-corrected chi connectivity index (χ0v) is 21.9. The highest BCUT2D eigenvalue weighted by Gasteiger charge is 2.46. The number of piperidine rings is 1. The van der Waals surface area contributed by atoms with Crippen LogP contribution in [-0.4, -0.2) is 73.4 Å². The second kappa shape index (κ2) is 9.79. The van der Waals surface area contributed by atoms with Crippen molar-refractivity contribution in [3.05, 3.63) is 51.1 Å². The van der Waals surface area contributed by atoms with Gasteiger partial charge in [0, 0.05) is 38.3 Å². The van der Waals surface area contributed by atoms with Crippen LogP contribution in [0.25, 0.3) is 10.9 Å². The molecule has 9 heteroatoms. The lowest BCUT2D eigenvalue weighted by Crippen LogP contribution is -2.55. The van der Waals surface area contributed by atoms with Gasteiger partial charge >= 0.3 is 0 Å². The molecule has 0 radical (unpaired) electrons. The van der Waals surface area contributed by atoms with E-state index in [0.29, 0.717) is 25.1 Å². The summed E-state index contributed by atoms with van der Waals surface area (Å²) in [5.74, 6) is 0.833. The molecule has 2 N–H and O–H groups in total. The molecule has 3 heterocycles. The highest BCUT2D eigenvalue weighted by atomic mass is 16.3. The Balaban J connectivity index is 1.83. The molecule has 1 aliphatic heterocycles. The molecule has 0 bridgehead atoms. The minimum absolute atomic E-state index is 0.0723. The lowest BCUT2D eigenvalue weighted by molar-refractivity contribution is 0.000296. The van der Waals surface area contributed by atoms with E-state index in [-0.39, 0.29) is 17.7 Å². The molecule has 1 fully saturated rings. The fourth-order valence-electron chi connectivity index (χ4n) is 5.36. The molecular formula is C26H39N7O2. The van der Waals surface area contributed by atoms with Crippen molar-refractivity contribution in [1.82, 2.24) is 35.0 Å². The van der Waals surface area contributed by atoms with Crippen LogP contribution in [0.2, 0.25) is 0 Å². The van der Waals surface area contributed by atoms with Crippen LogP contribution in [-0.2, 0) is 17.6 Å². The molecule has 1 aromatic carbocycles. The van der Waals surface area contributed by atoms with Gasteiger partial charge in [-0.1, -0.05) is 11.6 Å². The van der Waals surface area contributed by atoms with E-state index in [1.165, 1.54) is 5.56 Å². The van der Waals surface area contributed by atoms with Crippen LogP contribution < -0.4 is 5.56 Å². The Morgan fingerprint density at radius 2 is 1.89 bits per heavy atom. The van der Waals surface area contributed by atoms with Crippen molar-refractivity contribution in [1.29, 1.82) is 0 Å². The Morgan fingerprint density at radius 3 is 2.54 bits per heavy atom. The Morgan fingerprint density at radius 1 is 1.17 bits per heavy atom. The van der Waals surface area contributed by atoms with Gasteiger partial charge in [0.2, 0.25) is 0 Å². The second-order valence-electron chi connectivity index (χ2n) is 11.1. The summed E-state index contributed by atoms with van der Waals surface area (Å²) in [5.41, 5.74) is 3.04. The minimum Gasteiger partial charge on any atom is -0.396 e. The zero-order chi connectivity index (χ0) is 25.4. The number of aromatic amines is 1. The average Bonchev–Trinajstić information content (AvgIpc) is 3.30. The number of aliphatic hydroxyl groups excluding tert-OH is 1. The molecule has 0 spiro atoms. The highest BCUT2D eigenvalue weighted by Crippen LogP contribution is 2.40. The Kier molecular flexibility index (Phi) is 7.13. The standard InChI is InChI=1S/C26H39N7O2/c1-18-14-19(2)22-20(15-18)16-21(23(35)27-22)17-32(10-7-13-34)26(8-11-31(6)12-9-26)24-28-29-30-33(24)25(3,4)5/h14-16,34H,7-13,17H2,1-6H3,(H,27,35). The number of pyridine rings is 1. The molecular weight excluding hydrogens is 442 g/mol. The minimum atomic E-state index is -0.442. The number of hydrogen-bond donors (Lipinski definition) is 2. The quantitative estimate of drug-likeness (QED) is 0.535. The predicted molar refractivity (Wildman–Crippen MR) is 137 cm³/mol. The van der Waals surface area contributed by atoms with Gasteiger partial charge in [-0.25, -0.2) is 4.68 Å². The number of hydrogen-bond acceptors (Lipinski definition) is 7. The SMILES string of the molecule is Cc1cc(C)c2[nH]c(=O)c(CN(CCCO)C3(c4nnnn4C(C)(C)C)CCN(C)CC3)cc2c1. The van der Waals surface area contributed by atoms with Crippen LogP contribution in [0.4, 0.5) is 0 Å². The van der Waals surface area contributed by atoms with Crippen LogP contribution in [0.1, 0.15) is 62.5 Å². The second-order valence-corrected chi connectivity index (χ2v) is 11.1. The third kappa shape index (κ3) is 5.03. The van der Waals surface area contributed by atoms with Crippen molar-refractivity contribution in [2.24, 2.45) is 0 Å². The molecule has 0 atom stereocenters. The molecule has 0 saturated carbocycles. The van der Waals surface area contributed by atoms with Crippen LogP contribution in [0, 0.1) is 13.8 Å². The number of benzene rings is 1. The van der Waals surface area contributed by atoms with Gasteiger partial charge in [-0.05, 0) is 94.4 Å². The summed E-state index contributed by atoms with van der Waals surface area (Å²) in [6, 6.07) is 6.23. The first-order valence-corrected chi connectivity index (χ1v) is 12.5. The van der Waals surface area contributed by atoms with Crippen molar-refractivity contribution in [2.75, 3.05) is 33.3 Å². The first-order chi connectivity index (χ1) is 16.5. The summed E-state index contributed by atoms with van der Waals surface area (Å²) >= 11 is 0. The Bertz CT molecular complexity index is 1230. The van der Waals surface area contributed by atoms with E-state index in [0.717, 1.165) is 48.2 Å². The van der Waals surface area contributed by atoms with Crippen molar-refractivity contribution in [3.8, 4) is 0 Å². The maximum absolute atomic E-state index is 13.2. The van der Waals surface area contributed by atoms with Crippen molar-refractivity contribution in [3.63, 3.8) is 0 Å². The number of nitrogens with one attached hydrogen (secondary N) is 1. The first kappa shape index (κ1) is 25.5. The molecule has 0 aliphatic carbocycles. The number of likely N-dealkylation sites (tertiary alicyclic amines) is 1. The van der Waals surface area contributed by atoms with Crippen molar-refractivity contribution < 1.29 is 5.11 Å². The average molecular weight is 482 g/mol. The topological polar surface area (TPSA) is 103 Å². The number of aromatic nitrogens is 5. The molecule has 190 valence electrons. The van der Waals surface area contributed by atoms with Crippen molar-refractivity contribution in [2.45, 2.75) is 71.5 Å². The van der Waals surface area contributed by atoms with E-state index in [4.69, 9.17) is 0 Å². The van der Waals surface area contributed by atoms with E-state index in [1.807, 2.05) is 17.7 Å². The van der Waals surface area contributed by atoms with Gasteiger partial charge in [0.1, 0.15) is 0 Å². The van der Waals surface area contributed by atoms with Crippen LogP contribution in [0.15, 0.2) is 23.0 Å². The summed E-state index contributed by atoms with van der Waals surface area (Å²) in [7, 11) is 2.13. The summed E-state index contributed by atoms with van der Waals surface area (Å²) < 4.78 is 1.93. The van der Waals surface area contributed by atoms with E-state index in [2.05, 4.69) is 77.2 Å². The van der Waals surface area contributed by atoms with E-state index >= 15 is 0 Å². The fraction of sp³-hybridized carbons (Fsp3) is 0.615. The number of aliphatic hydroxyl groups is 1. The van der Waals surface area contributed by atoms with Crippen molar-refractivity contribution >= 4 is 10.9 Å². The first-order valence-electron chi connectivity index (χ1n) is 12.5. The normalized spacial score (nSPS) is 16.9. The molecule has 4 rings (SSSR count). The summed E-state index contributed by atoms with van der Waals surface area (Å²) in [4.78, 5) is 21.0. The maximum Gasteiger partial charge on any atom is 0.252 e. The van der Waals surface area contributed by atoms with Crippen LogP contribution >= 0.6 is 0 Å². The number of nitrogens with zero attached hydrogens (tertiary/aromatic N) is 6. The summed E-state index contributed by atoms with van der Waals surface area (Å²) in [5, 5.41) is 23.8. The monoisotopic (exact) mass is 481 g/mol. The maximum atomic E-state index is 13.2. The van der Waals surface area contributed by atoms with Gasteiger partial charge in [-0.15, -0.1) is 5.10 Å². The Labute approximate surface area is 207 Å². The molecule has 2 aromatic heterocycles. The number of H-pyrrole nitrogens is 1. The van der Waals surface area contributed by atoms with Crippen LogP contribution in [0.3, 0.4) is 0 Å². The van der Waals surface area contributed by atoms with Gasteiger partial charge in [0.05, 0.1) is 16.6 Å². The fourth-order valence-corrected chi connectivity index (χ4v) is 5.36. The van der Waals surface area contributed by atoms with Gasteiger partial charge in [0.15, 0.2) is 5.82 Å². The molecule has 35 heavy (non-hydrogen) atoms. The van der Waals surface area contributed by atoms with Gasteiger partial charge < -0.3 is 15.0 Å². The molecule has 9 nitrogen and oxygen atoms in total. The van der Waals surface area contributed by atoms with Crippen LogP contribution in [0.5, 0.6) is 0 Å². The summed E-state index contributed by atoms with van der Waals surface area (Å²) in [6.07, 6.45) is 2.29. The van der Waals surface area contributed by atoms with Gasteiger partial charge in [-0.2, -0.15) is 0 Å². The third-order valence-corrected chi connectivity index (χ3v) is 7.26. The smallest absolute Gasteiger partial charge is 0.252 e. The lowest BCUT2D eigenvalue weighted by atomic mass is 9.83. The number of aryl methyl sites for hydroxylation is 2. The van der Waals surface area contributed by atoms with E-state index < -0.39 is 5.54 Å². The summed E-state index contributed by atoms with van der Waals surface area (Å²) in [6.45, 7) is 13.4. The zero-order valence-electron chi connectivity index (χ0n) is 21.9. The molecule has 0 unspecified atom stereocenters. The molecule has 1 aliphatic rings. The number of fused-ring (bicyclic) bond motifs is 1. The number of tetrazole rings is 1. The van der Waals surface area contributed by atoms with E-state index in [1.54, 1.807) is 0 Å². The largest absolute Gasteiger partial charge is 0.396 e. The highest BCUT2D eigenvalue weighted by molar-refractivity contribution is 5.82. The Hall–Kier alpha value is -2.62. The third-order valence-electron chi connectivity index (χ3n) is 7.26. The lowest BCUT2D eigenvalue weighted by Gasteiger charge is -2.48.